The molecule has 0 spiro atoms. The van der Waals surface area contributed by atoms with Crippen LogP contribution in [-0.4, -0.2) is 39.4 Å². The van der Waals surface area contributed by atoms with E-state index in [1.54, 1.807) is 30.3 Å². The predicted octanol–water partition coefficient (Wildman–Crippen LogP) is 3.77. The van der Waals surface area contributed by atoms with Crippen molar-refractivity contribution in [1.82, 2.24) is 0 Å². The first kappa shape index (κ1) is 23.1. The molecule has 10 heteroatoms. The minimum absolute atomic E-state index is 0.0507. The molecule has 0 bridgehead atoms. The van der Waals surface area contributed by atoms with Gasteiger partial charge in [0.25, 0.3) is 0 Å². The fourth-order valence-electron chi connectivity index (χ4n) is 2.74. The Morgan fingerprint density at radius 3 is 2.13 bits per heavy atom. The zero-order valence-electron chi connectivity index (χ0n) is 15.9. The lowest BCUT2D eigenvalue weighted by Gasteiger charge is -2.22. The second-order valence-electron chi connectivity index (χ2n) is 6.68. The van der Waals surface area contributed by atoms with Crippen molar-refractivity contribution in [2.75, 3.05) is 11.6 Å². The van der Waals surface area contributed by atoms with E-state index in [1.165, 1.54) is 24.3 Å². The van der Waals surface area contributed by atoms with Gasteiger partial charge in [-0.15, -0.1) is 0 Å². The summed E-state index contributed by atoms with van der Waals surface area (Å²) in [6.07, 6.45) is -0.956. The maximum atomic E-state index is 13.5. The fourth-order valence-corrected chi connectivity index (χ4v) is 5.06. The lowest BCUT2D eigenvalue weighted by Crippen LogP contribution is -2.21. The van der Waals surface area contributed by atoms with Gasteiger partial charge in [0.15, 0.2) is 0 Å². The van der Waals surface area contributed by atoms with Gasteiger partial charge in [0, 0.05) is 12.6 Å². The molecular formula is C20H22NO8P. The highest BCUT2D eigenvalue weighted by molar-refractivity contribution is 7.58. The molecule has 30 heavy (non-hydrogen) atoms. The Morgan fingerprint density at radius 1 is 0.967 bits per heavy atom. The molecule has 0 aromatic heterocycles. The number of carboxylic acids is 3. The van der Waals surface area contributed by atoms with Gasteiger partial charge in [0.2, 0.25) is 7.37 Å². The number of rotatable bonds is 12. The summed E-state index contributed by atoms with van der Waals surface area (Å²) in [6.45, 7) is 0. The standard InChI is InChI=1S/C20H22NO8P/c22-18(23)11-8-16(20(26)27)13-30(28,12-14-4-2-1-3-5-14)29-21-17-9-6-15(7-10-17)19(24)25/h1-7,9-10,16,21H,8,11-13H2,(H,22,23)(H,24,25)(H,26,27). The molecule has 0 amide bonds. The van der Waals surface area contributed by atoms with Crippen molar-refractivity contribution < 1.29 is 38.9 Å². The molecule has 9 nitrogen and oxygen atoms in total. The SMILES string of the molecule is O=C(O)CCC(CP(=O)(Cc1ccccc1)ONc1ccc(C(=O)O)cc1)C(=O)O. The number of hydrogen-bond donors (Lipinski definition) is 4. The molecule has 0 saturated carbocycles. The molecule has 160 valence electrons. The van der Waals surface area contributed by atoms with Crippen LogP contribution < -0.4 is 5.48 Å². The fraction of sp³-hybridized carbons (Fsp3) is 0.250. The van der Waals surface area contributed by atoms with Gasteiger partial charge in [-0.25, -0.2) is 9.42 Å². The number of anilines is 1. The van der Waals surface area contributed by atoms with Crippen LogP contribution in [0.4, 0.5) is 5.69 Å². The molecule has 0 fully saturated rings. The third-order valence-electron chi connectivity index (χ3n) is 4.28. The number of carbonyl (C=O) groups is 3. The molecule has 0 heterocycles. The highest BCUT2D eigenvalue weighted by atomic mass is 31.2. The van der Waals surface area contributed by atoms with Crippen LogP contribution in [0.2, 0.25) is 0 Å². The number of benzene rings is 2. The summed E-state index contributed by atoms with van der Waals surface area (Å²) in [5.41, 5.74) is 3.59. The zero-order chi connectivity index (χ0) is 22.1. The Labute approximate surface area is 172 Å². The maximum absolute atomic E-state index is 13.5. The van der Waals surface area contributed by atoms with Crippen molar-refractivity contribution >= 4 is 31.0 Å². The first-order valence-electron chi connectivity index (χ1n) is 9.03. The van der Waals surface area contributed by atoms with Gasteiger partial charge < -0.3 is 15.3 Å². The van der Waals surface area contributed by atoms with E-state index >= 15 is 0 Å². The number of aliphatic carboxylic acids is 2. The van der Waals surface area contributed by atoms with E-state index in [2.05, 4.69) is 5.48 Å². The molecule has 2 atom stereocenters. The molecule has 2 rings (SSSR count). The van der Waals surface area contributed by atoms with E-state index in [0.29, 0.717) is 11.3 Å². The van der Waals surface area contributed by atoms with E-state index < -0.39 is 31.2 Å². The summed E-state index contributed by atoms with van der Waals surface area (Å²) in [7, 11) is -3.61. The number of aromatic carboxylic acids is 1. The van der Waals surface area contributed by atoms with Crippen LogP contribution in [0.5, 0.6) is 0 Å². The molecule has 0 aliphatic rings. The lowest BCUT2D eigenvalue weighted by atomic mass is 10.1. The largest absolute Gasteiger partial charge is 0.481 e. The Morgan fingerprint density at radius 2 is 1.60 bits per heavy atom. The van der Waals surface area contributed by atoms with E-state index in [4.69, 9.17) is 14.8 Å². The second kappa shape index (κ2) is 10.6. The summed E-state index contributed by atoms with van der Waals surface area (Å²) in [5.74, 6) is -4.65. The van der Waals surface area contributed by atoms with Crippen LogP contribution in [0, 0.1) is 5.92 Å². The first-order chi connectivity index (χ1) is 14.2. The minimum atomic E-state index is -3.61. The molecule has 2 unspecified atom stereocenters. The minimum Gasteiger partial charge on any atom is -0.481 e. The molecule has 4 N–H and O–H groups in total. The Hall–Kier alpha value is -3.16. The van der Waals surface area contributed by atoms with Crippen LogP contribution >= 0.6 is 7.37 Å². The van der Waals surface area contributed by atoms with Crippen LogP contribution in [-0.2, 0) is 24.9 Å². The molecule has 0 aliphatic heterocycles. The van der Waals surface area contributed by atoms with Gasteiger partial charge in [0.1, 0.15) is 0 Å². The Kier molecular flexibility index (Phi) is 8.15. The van der Waals surface area contributed by atoms with Crippen LogP contribution in [0.1, 0.15) is 28.8 Å². The molecule has 0 saturated heterocycles. The highest BCUT2D eigenvalue weighted by Gasteiger charge is 2.33. The van der Waals surface area contributed by atoms with Gasteiger partial charge >= 0.3 is 17.9 Å². The van der Waals surface area contributed by atoms with Crippen molar-refractivity contribution in [3.8, 4) is 0 Å². The summed E-state index contributed by atoms with van der Waals surface area (Å²) in [5, 5.41) is 27.2. The van der Waals surface area contributed by atoms with Crippen molar-refractivity contribution in [2.24, 2.45) is 5.92 Å². The summed E-state index contributed by atoms with van der Waals surface area (Å²) < 4.78 is 19.0. The van der Waals surface area contributed by atoms with Crippen molar-refractivity contribution in [3.63, 3.8) is 0 Å². The number of hydrogen-bond acceptors (Lipinski definition) is 6. The van der Waals surface area contributed by atoms with Crippen LogP contribution in [0.15, 0.2) is 54.6 Å². The van der Waals surface area contributed by atoms with E-state index in [1.807, 2.05) is 0 Å². The monoisotopic (exact) mass is 435 g/mol. The van der Waals surface area contributed by atoms with Crippen molar-refractivity contribution in [3.05, 3.63) is 65.7 Å². The quantitative estimate of drug-likeness (QED) is 0.288. The van der Waals surface area contributed by atoms with Crippen LogP contribution in [0.25, 0.3) is 0 Å². The third kappa shape index (κ3) is 7.35. The highest BCUT2D eigenvalue weighted by Crippen LogP contribution is 2.52. The molecule has 2 aromatic carbocycles. The van der Waals surface area contributed by atoms with Crippen molar-refractivity contribution in [1.29, 1.82) is 0 Å². The van der Waals surface area contributed by atoms with E-state index in [0.717, 1.165) is 0 Å². The van der Waals surface area contributed by atoms with E-state index in [-0.39, 0.29) is 30.7 Å². The van der Waals surface area contributed by atoms with Crippen molar-refractivity contribution in [2.45, 2.75) is 19.0 Å². The average molecular weight is 435 g/mol. The molecular weight excluding hydrogens is 413 g/mol. The summed E-state index contributed by atoms with van der Waals surface area (Å²) in [4.78, 5) is 33.3. The van der Waals surface area contributed by atoms with Crippen LogP contribution in [0.3, 0.4) is 0 Å². The average Bonchev–Trinajstić information content (AvgIpc) is 2.70. The van der Waals surface area contributed by atoms with Gasteiger partial charge in [-0.2, -0.15) is 0 Å². The Balaban J connectivity index is 2.19. The summed E-state index contributed by atoms with van der Waals surface area (Å²) in [6, 6.07) is 14.3. The second-order valence-corrected chi connectivity index (χ2v) is 9.18. The Bertz CT molecular complexity index is 930. The third-order valence-corrected chi connectivity index (χ3v) is 6.55. The predicted molar refractivity (Wildman–Crippen MR) is 109 cm³/mol. The molecule has 0 aliphatic carbocycles. The summed E-state index contributed by atoms with van der Waals surface area (Å²) >= 11 is 0. The normalized spacial score (nSPS) is 13.7. The van der Waals surface area contributed by atoms with Gasteiger partial charge in [0.05, 0.1) is 23.3 Å². The topological polar surface area (TPSA) is 150 Å². The first-order valence-corrected chi connectivity index (χ1v) is 11.0. The van der Waals surface area contributed by atoms with E-state index in [9.17, 15) is 24.1 Å². The zero-order valence-corrected chi connectivity index (χ0v) is 16.8. The van der Waals surface area contributed by atoms with Gasteiger partial charge in [-0.05, 0) is 36.2 Å². The van der Waals surface area contributed by atoms with Gasteiger partial charge in [-0.1, -0.05) is 30.3 Å². The molecule has 0 radical (unpaired) electrons. The van der Waals surface area contributed by atoms with Gasteiger partial charge in [-0.3, -0.25) is 19.6 Å². The number of carboxylic acid groups (broad SMARTS) is 3. The lowest BCUT2D eigenvalue weighted by molar-refractivity contribution is -0.142. The number of nitrogens with one attached hydrogen (secondary N) is 1. The maximum Gasteiger partial charge on any atom is 0.335 e. The molecule has 2 aromatic rings. The smallest absolute Gasteiger partial charge is 0.335 e.